The lowest BCUT2D eigenvalue weighted by molar-refractivity contribution is -0.305. The van der Waals surface area contributed by atoms with E-state index in [-0.39, 0.29) is 32.0 Å². The van der Waals surface area contributed by atoms with Crippen LogP contribution >= 0.6 is 0 Å². The van der Waals surface area contributed by atoms with Crippen molar-refractivity contribution in [2.24, 2.45) is 0 Å². The number of hydrogen-bond donors (Lipinski definition) is 4. The Hall–Kier alpha value is -1.56. The number of esters is 2. The maximum Gasteiger partial charge on any atom is 0.306 e. The van der Waals surface area contributed by atoms with Crippen molar-refractivity contribution in [3.63, 3.8) is 0 Å². The van der Waals surface area contributed by atoms with Gasteiger partial charge in [0.15, 0.2) is 12.4 Å². The number of ether oxygens (including phenoxy) is 4. The van der Waals surface area contributed by atoms with Gasteiger partial charge in [0.2, 0.25) is 0 Å². The Kier molecular flexibility index (Phi) is 41.8. The van der Waals surface area contributed by atoms with Crippen molar-refractivity contribution in [2.45, 2.75) is 294 Å². The Bertz CT molecular complexity index is 1020. The zero-order valence-corrected chi connectivity index (χ0v) is 40.7. The van der Waals surface area contributed by atoms with Crippen LogP contribution in [0.3, 0.4) is 0 Å². The third-order valence-corrected chi connectivity index (χ3v) is 12.8. The summed E-state index contributed by atoms with van der Waals surface area (Å²) in [5.41, 5.74) is 0. The second kappa shape index (κ2) is 44.3. The highest BCUT2D eigenvalue weighted by atomic mass is 16.7. The number of unbranched alkanes of at least 4 members (excludes halogenated alkanes) is 35. The van der Waals surface area contributed by atoms with Crippen LogP contribution in [-0.2, 0) is 28.5 Å². The topological polar surface area (TPSA) is 152 Å². The van der Waals surface area contributed by atoms with Crippen molar-refractivity contribution in [2.75, 3.05) is 19.8 Å². The standard InChI is InChI=1S/C53H100O10/c1-3-5-7-9-11-13-15-17-19-20-21-22-23-24-25-26-28-29-31-33-35-37-39-41-48(55)60-44-46(45-61-53-52(59)51(58)50(57)47(43-54)63-53)62-49(56)42-40-38-36-34-32-30-27-18-16-14-12-10-8-6-4-2/h4,46-47,50-54,57-59H,2-3,5-45H2,1H3/t46-,47-,50+,51?,52?,53-/m0/s1. The largest absolute Gasteiger partial charge is 0.462 e. The predicted octanol–water partition coefficient (Wildman–Crippen LogP) is 12.7. The quantitative estimate of drug-likeness (QED) is 0.0264. The molecule has 0 saturated carbocycles. The van der Waals surface area contributed by atoms with Crippen LogP contribution in [0.5, 0.6) is 0 Å². The van der Waals surface area contributed by atoms with Crippen molar-refractivity contribution < 1.29 is 49.0 Å². The number of allylic oxidation sites excluding steroid dienone is 1. The van der Waals surface area contributed by atoms with Gasteiger partial charge < -0.3 is 39.4 Å². The number of aliphatic hydroxyl groups is 4. The van der Waals surface area contributed by atoms with Crippen molar-refractivity contribution in [1.29, 1.82) is 0 Å². The molecule has 0 amide bonds. The van der Waals surface area contributed by atoms with E-state index in [2.05, 4.69) is 13.5 Å². The first-order chi connectivity index (χ1) is 30.8. The van der Waals surface area contributed by atoms with Crippen LogP contribution in [0.2, 0.25) is 0 Å². The number of hydrogen-bond acceptors (Lipinski definition) is 10. The third-order valence-electron chi connectivity index (χ3n) is 12.8. The summed E-state index contributed by atoms with van der Waals surface area (Å²) in [5, 5.41) is 40.2. The molecule has 0 spiro atoms. The highest BCUT2D eigenvalue weighted by molar-refractivity contribution is 5.70. The summed E-state index contributed by atoms with van der Waals surface area (Å²) in [4.78, 5) is 25.5. The summed E-state index contributed by atoms with van der Waals surface area (Å²) < 4.78 is 22.3. The van der Waals surface area contributed by atoms with E-state index in [0.717, 1.165) is 44.9 Å². The average molecular weight is 897 g/mol. The fourth-order valence-corrected chi connectivity index (χ4v) is 8.58. The Balaban J connectivity index is 2.19. The Morgan fingerprint density at radius 1 is 0.508 bits per heavy atom. The van der Waals surface area contributed by atoms with Crippen LogP contribution in [0.15, 0.2) is 12.7 Å². The predicted molar refractivity (Wildman–Crippen MR) is 256 cm³/mol. The second-order valence-corrected chi connectivity index (χ2v) is 18.8. The van der Waals surface area contributed by atoms with Gasteiger partial charge in [0, 0.05) is 12.8 Å². The summed E-state index contributed by atoms with van der Waals surface area (Å²) in [6, 6.07) is 0. The fraction of sp³-hybridized carbons (Fsp3) is 0.925. The van der Waals surface area contributed by atoms with Gasteiger partial charge in [-0.2, -0.15) is 0 Å². The van der Waals surface area contributed by atoms with Gasteiger partial charge in [-0.25, -0.2) is 0 Å². The summed E-state index contributed by atoms with van der Waals surface area (Å²) in [6.45, 7) is 5.00. The molecule has 63 heavy (non-hydrogen) atoms. The molecule has 1 saturated heterocycles. The minimum Gasteiger partial charge on any atom is -0.462 e. The van der Waals surface area contributed by atoms with E-state index in [4.69, 9.17) is 18.9 Å². The van der Waals surface area contributed by atoms with Gasteiger partial charge in [-0.3, -0.25) is 9.59 Å². The zero-order chi connectivity index (χ0) is 45.9. The summed E-state index contributed by atoms with van der Waals surface area (Å²) >= 11 is 0. The lowest BCUT2D eigenvalue weighted by Crippen LogP contribution is -2.59. The molecule has 10 nitrogen and oxygen atoms in total. The van der Waals surface area contributed by atoms with Gasteiger partial charge in [0.1, 0.15) is 31.0 Å². The summed E-state index contributed by atoms with van der Waals surface area (Å²) in [5.74, 6) is -0.792. The Morgan fingerprint density at radius 2 is 0.873 bits per heavy atom. The van der Waals surface area contributed by atoms with E-state index in [0.29, 0.717) is 6.42 Å². The van der Waals surface area contributed by atoms with Crippen LogP contribution in [-0.4, -0.2) is 89.0 Å². The molecule has 0 bridgehead atoms. The van der Waals surface area contributed by atoms with E-state index in [1.165, 1.54) is 186 Å². The minimum absolute atomic E-state index is 0.212. The number of aliphatic hydroxyl groups excluding tert-OH is 4. The Morgan fingerprint density at radius 3 is 1.25 bits per heavy atom. The van der Waals surface area contributed by atoms with Crippen LogP contribution in [0.1, 0.15) is 257 Å². The molecule has 2 unspecified atom stereocenters. The van der Waals surface area contributed by atoms with E-state index < -0.39 is 49.4 Å². The van der Waals surface area contributed by atoms with Gasteiger partial charge in [-0.15, -0.1) is 6.58 Å². The molecule has 1 rings (SSSR count). The van der Waals surface area contributed by atoms with Gasteiger partial charge >= 0.3 is 11.9 Å². The number of carbonyl (C=O) groups is 2. The SMILES string of the molecule is C=CCCCCCCCCCCCCCCCC(=O)O[C@@H](COC(=O)CCCCCCCCCCCCCCCCCCCCCCCCC)CO[C@H]1O[C@@H](CO)[C@@H](O)C(O)C1O. The average Bonchev–Trinajstić information content (AvgIpc) is 3.28. The normalized spacial score (nSPS) is 19.3. The molecule has 1 fully saturated rings. The van der Waals surface area contributed by atoms with Crippen molar-refractivity contribution >= 4 is 11.9 Å². The van der Waals surface area contributed by atoms with Crippen LogP contribution in [0, 0.1) is 0 Å². The molecule has 0 radical (unpaired) electrons. The molecule has 6 atom stereocenters. The molecular weight excluding hydrogens is 797 g/mol. The minimum atomic E-state index is -1.59. The van der Waals surface area contributed by atoms with E-state index in [9.17, 15) is 30.0 Å². The van der Waals surface area contributed by atoms with Crippen LogP contribution in [0.4, 0.5) is 0 Å². The molecule has 372 valence electrons. The van der Waals surface area contributed by atoms with Crippen molar-refractivity contribution in [1.82, 2.24) is 0 Å². The first-order valence-corrected chi connectivity index (χ1v) is 26.7. The van der Waals surface area contributed by atoms with Gasteiger partial charge in [-0.05, 0) is 25.7 Å². The molecule has 1 aliphatic heterocycles. The van der Waals surface area contributed by atoms with Gasteiger partial charge in [-0.1, -0.05) is 225 Å². The molecule has 4 N–H and O–H groups in total. The number of carbonyl (C=O) groups excluding carboxylic acids is 2. The Labute approximate surface area is 386 Å². The molecule has 0 aromatic rings. The molecule has 1 heterocycles. The molecule has 0 aromatic carbocycles. The first kappa shape index (κ1) is 59.5. The zero-order valence-electron chi connectivity index (χ0n) is 40.7. The molecule has 1 aliphatic rings. The third kappa shape index (κ3) is 35.3. The summed E-state index contributed by atoms with van der Waals surface area (Å²) in [6.07, 6.45) is 41.2. The molecule has 0 aromatic heterocycles. The smallest absolute Gasteiger partial charge is 0.306 e. The maximum absolute atomic E-state index is 12.8. The number of rotatable bonds is 47. The lowest BCUT2D eigenvalue weighted by atomic mass is 9.99. The monoisotopic (exact) mass is 897 g/mol. The van der Waals surface area contributed by atoms with Crippen LogP contribution < -0.4 is 0 Å². The van der Waals surface area contributed by atoms with E-state index >= 15 is 0 Å². The van der Waals surface area contributed by atoms with E-state index in [1.54, 1.807) is 0 Å². The molecule has 10 heteroatoms. The van der Waals surface area contributed by atoms with Gasteiger partial charge in [0.25, 0.3) is 0 Å². The lowest BCUT2D eigenvalue weighted by Gasteiger charge is -2.39. The highest BCUT2D eigenvalue weighted by Crippen LogP contribution is 2.23. The van der Waals surface area contributed by atoms with Gasteiger partial charge in [0.05, 0.1) is 13.2 Å². The van der Waals surface area contributed by atoms with Crippen molar-refractivity contribution in [3.05, 3.63) is 12.7 Å². The fourth-order valence-electron chi connectivity index (χ4n) is 8.58. The van der Waals surface area contributed by atoms with E-state index in [1.807, 2.05) is 6.08 Å². The molecule has 0 aliphatic carbocycles. The second-order valence-electron chi connectivity index (χ2n) is 18.8. The maximum atomic E-state index is 12.8. The first-order valence-electron chi connectivity index (χ1n) is 26.7. The van der Waals surface area contributed by atoms with Crippen molar-refractivity contribution in [3.8, 4) is 0 Å². The van der Waals surface area contributed by atoms with Crippen LogP contribution in [0.25, 0.3) is 0 Å². The summed E-state index contributed by atoms with van der Waals surface area (Å²) in [7, 11) is 0. The highest BCUT2D eigenvalue weighted by Gasteiger charge is 2.44. The molecular formula is C53H100O10.